The van der Waals surface area contributed by atoms with Crippen LogP contribution in [0.1, 0.15) is 50.7 Å². The highest BCUT2D eigenvalue weighted by atomic mass is 14.9. The van der Waals surface area contributed by atoms with Gasteiger partial charge in [0.25, 0.3) is 0 Å². The summed E-state index contributed by atoms with van der Waals surface area (Å²) in [4.78, 5) is 0. The van der Waals surface area contributed by atoms with Crippen molar-refractivity contribution in [2.24, 2.45) is 17.8 Å². The van der Waals surface area contributed by atoms with Gasteiger partial charge in [-0.2, -0.15) is 0 Å². The second-order valence-electron chi connectivity index (χ2n) is 6.49. The highest BCUT2D eigenvalue weighted by molar-refractivity contribution is 5.61. The van der Waals surface area contributed by atoms with Crippen LogP contribution in [-0.4, -0.2) is 6.54 Å². The average molecular weight is 243 g/mol. The van der Waals surface area contributed by atoms with Gasteiger partial charge < -0.3 is 5.32 Å². The number of fused-ring (bicyclic) bond motifs is 1. The van der Waals surface area contributed by atoms with E-state index in [1.807, 2.05) is 0 Å². The normalized spacial score (nSPS) is 35.1. The van der Waals surface area contributed by atoms with Gasteiger partial charge in [-0.15, -0.1) is 0 Å². The Balaban J connectivity index is 2.01. The summed E-state index contributed by atoms with van der Waals surface area (Å²) >= 11 is 0. The third-order valence-electron chi connectivity index (χ3n) is 5.29. The molecule has 1 nitrogen and oxygen atoms in total. The molecule has 1 fully saturated rings. The number of anilines is 1. The van der Waals surface area contributed by atoms with Crippen LogP contribution < -0.4 is 5.32 Å². The van der Waals surface area contributed by atoms with Gasteiger partial charge >= 0.3 is 0 Å². The fourth-order valence-electron chi connectivity index (χ4n) is 4.22. The van der Waals surface area contributed by atoms with Gasteiger partial charge in [-0.25, -0.2) is 0 Å². The molecule has 0 amide bonds. The molecule has 1 saturated carbocycles. The van der Waals surface area contributed by atoms with Crippen molar-refractivity contribution in [1.82, 2.24) is 0 Å². The van der Waals surface area contributed by atoms with Crippen LogP contribution in [0, 0.1) is 17.8 Å². The third-order valence-corrected chi connectivity index (χ3v) is 5.29. The van der Waals surface area contributed by atoms with Crippen molar-refractivity contribution in [3.05, 3.63) is 29.3 Å². The average Bonchev–Trinajstić information content (AvgIpc) is 2.63. The predicted octanol–water partition coefficient (Wildman–Crippen LogP) is 4.44. The van der Waals surface area contributed by atoms with Crippen molar-refractivity contribution in [2.45, 2.75) is 46.0 Å². The van der Waals surface area contributed by atoms with Gasteiger partial charge in [-0.1, -0.05) is 39.0 Å². The molecule has 18 heavy (non-hydrogen) atoms. The molecule has 1 heteroatoms. The van der Waals surface area contributed by atoms with E-state index in [1.54, 1.807) is 5.56 Å². The zero-order valence-corrected chi connectivity index (χ0v) is 11.9. The highest BCUT2D eigenvalue weighted by Gasteiger charge is 2.38. The van der Waals surface area contributed by atoms with Crippen molar-refractivity contribution in [3.63, 3.8) is 0 Å². The standard InChI is InChI=1S/C17H25N/c1-11-10-12(2)16(13(11)3)15-8-4-6-14-7-5-9-18-17(14)15/h4,6,8,11-13,16,18H,5,7,9-10H2,1-3H3. The molecule has 4 atom stereocenters. The number of hydrogen-bond acceptors (Lipinski definition) is 1. The van der Waals surface area contributed by atoms with Crippen LogP contribution in [0.5, 0.6) is 0 Å². The number of nitrogens with one attached hydrogen (secondary N) is 1. The van der Waals surface area contributed by atoms with Gasteiger partial charge in [-0.3, -0.25) is 0 Å². The van der Waals surface area contributed by atoms with Gasteiger partial charge in [0.15, 0.2) is 0 Å². The molecule has 1 N–H and O–H groups in total. The first-order valence-corrected chi connectivity index (χ1v) is 7.54. The summed E-state index contributed by atoms with van der Waals surface area (Å²) in [6.45, 7) is 8.45. The largest absolute Gasteiger partial charge is 0.385 e. The first-order valence-electron chi connectivity index (χ1n) is 7.54. The van der Waals surface area contributed by atoms with E-state index >= 15 is 0 Å². The van der Waals surface area contributed by atoms with Gasteiger partial charge in [-0.05, 0) is 54.1 Å². The molecule has 2 aliphatic rings. The Morgan fingerprint density at radius 2 is 1.94 bits per heavy atom. The fraction of sp³-hybridized carbons (Fsp3) is 0.647. The summed E-state index contributed by atoms with van der Waals surface area (Å²) in [5, 5.41) is 3.66. The molecule has 4 unspecified atom stereocenters. The Hall–Kier alpha value is -0.980. The zero-order chi connectivity index (χ0) is 12.7. The molecule has 1 heterocycles. The monoisotopic (exact) mass is 243 g/mol. The van der Waals surface area contributed by atoms with Crippen LogP contribution in [0.4, 0.5) is 5.69 Å². The van der Waals surface area contributed by atoms with Gasteiger partial charge in [0.05, 0.1) is 0 Å². The topological polar surface area (TPSA) is 12.0 Å². The van der Waals surface area contributed by atoms with Crippen LogP contribution >= 0.6 is 0 Å². The summed E-state index contributed by atoms with van der Waals surface area (Å²) < 4.78 is 0. The summed E-state index contributed by atoms with van der Waals surface area (Å²) in [7, 11) is 0. The number of para-hydroxylation sites is 1. The molecule has 1 aromatic rings. The van der Waals surface area contributed by atoms with Crippen LogP contribution in [0.25, 0.3) is 0 Å². The first-order chi connectivity index (χ1) is 8.68. The summed E-state index contributed by atoms with van der Waals surface area (Å²) in [5.74, 6) is 3.26. The molecule has 1 aromatic carbocycles. The molecule has 98 valence electrons. The van der Waals surface area contributed by atoms with Crippen LogP contribution in [0.3, 0.4) is 0 Å². The Labute approximate surface area is 111 Å². The van der Waals surface area contributed by atoms with E-state index in [-0.39, 0.29) is 0 Å². The third kappa shape index (κ3) is 1.84. The lowest BCUT2D eigenvalue weighted by Crippen LogP contribution is -2.18. The van der Waals surface area contributed by atoms with Gasteiger partial charge in [0.2, 0.25) is 0 Å². The maximum atomic E-state index is 3.66. The quantitative estimate of drug-likeness (QED) is 0.769. The molecule has 0 spiro atoms. The highest BCUT2D eigenvalue weighted by Crippen LogP contribution is 2.49. The first kappa shape index (κ1) is 12.1. The molecule has 0 bridgehead atoms. The summed E-state index contributed by atoms with van der Waals surface area (Å²) in [6.07, 6.45) is 3.92. The van der Waals surface area contributed by atoms with E-state index in [4.69, 9.17) is 0 Å². The minimum atomic E-state index is 0.751. The van der Waals surface area contributed by atoms with Crippen molar-refractivity contribution in [1.29, 1.82) is 0 Å². The molecule has 3 rings (SSSR count). The van der Waals surface area contributed by atoms with Crippen molar-refractivity contribution in [2.75, 3.05) is 11.9 Å². The Morgan fingerprint density at radius 3 is 2.67 bits per heavy atom. The maximum absolute atomic E-state index is 3.66. The second kappa shape index (κ2) is 4.60. The van der Waals surface area contributed by atoms with E-state index in [1.165, 1.54) is 30.5 Å². The molecule has 1 aliphatic carbocycles. The molecule has 0 aromatic heterocycles. The Morgan fingerprint density at radius 1 is 1.11 bits per heavy atom. The van der Waals surface area contributed by atoms with Crippen LogP contribution in [-0.2, 0) is 6.42 Å². The Kier molecular flexibility index (Phi) is 3.09. The maximum Gasteiger partial charge on any atom is 0.0408 e. The van der Waals surface area contributed by atoms with Crippen molar-refractivity contribution < 1.29 is 0 Å². The second-order valence-corrected chi connectivity index (χ2v) is 6.49. The lowest BCUT2D eigenvalue weighted by atomic mass is 9.81. The predicted molar refractivity (Wildman–Crippen MR) is 78.1 cm³/mol. The fourth-order valence-corrected chi connectivity index (χ4v) is 4.22. The Bertz CT molecular complexity index is 437. The summed E-state index contributed by atoms with van der Waals surface area (Å²) in [5.41, 5.74) is 4.61. The molecule has 1 aliphatic heterocycles. The van der Waals surface area contributed by atoms with Crippen LogP contribution in [0.15, 0.2) is 18.2 Å². The number of aryl methyl sites for hydroxylation is 1. The summed E-state index contributed by atoms with van der Waals surface area (Å²) in [6, 6.07) is 6.94. The van der Waals surface area contributed by atoms with E-state index in [0.29, 0.717) is 0 Å². The number of hydrogen-bond donors (Lipinski definition) is 1. The van der Waals surface area contributed by atoms with E-state index in [2.05, 4.69) is 44.3 Å². The lowest BCUT2D eigenvalue weighted by molar-refractivity contribution is 0.414. The number of rotatable bonds is 1. The van der Waals surface area contributed by atoms with E-state index in [0.717, 1.165) is 30.2 Å². The van der Waals surface area contributed by atoms with Crippen molar-refractivity contribution in [3.8, 4) is 0 Å². The molecular weight excluding hydrogens is 218 g/mol. The van der Waals surface area contributed by atoms with Gasteiger partial charge in [0.1, 0.15) is 0 Å². The molecular formula is C17H25N. The van der Waals surface area contributed by atoms with Gasteiger partial charge in [0, 0.05) is 12.2 Å². The molecule has 0 radical (unpaired) electrons. The SMILES string of the molecule is CC1CC(C)C(c2cccc3c2NCCC3)C1C. The molecule has 0 saturated heterocycles. The van der Waals surface area contributed by atoms with Crippen LogP contribution in [0.2, 0.25) is 0 Å². The number of benzene rings is 1. The van der Waals surface area contributed by atoms with Crippen molar-refractivity contribution >= 4 is 5.69 Å². The minimum Gasteiger partial charge on any atom is -0.385 e. The minimum absolute atomic E-state index is 0.751. The van der Waals surface area contributed by atoms with E-state index < -0.39 is 0 Å². The smallest absolute Gasteiger partial charge is 0.0408 e. The lowest BCUT2D eigenvalue weighted by Gasteiger charge is -2.28. The zero-order valence-electron chi connectivity index (χ0n) is 11.9. The van der Waals surface area contributed by atoms with E-state index in [9.17, 15) is 0 Å².